The number of rotatable bonds is 4. The summed E-state index contributed by atoms with van der Waals surface area (Å²) in [6.07, 6.45) is 5.98. The molecule has 1 saturated carbocycles. The molecular formula is C19H27NO3. The van der Waals surface area contributed by atoms with Crippen LogP contribution in [0.4, 0.5) is 0 Å². The maximum absolute atomic E-state index is 13.1. The fraction of sp³-hybridized carbons (Fsp3) is 0.632. The number of hydrogen-bond acceptors (Lipinski definition) is 3. The summed E-state index contributed by atoms with van der Waals surface area (Å²) in [5.74, 6) is 0.336. The molecule has 1 aromatic carbocycles. The van der Waals surface area contributed by atoms with Crippen molar-refractivity contribution in [2.75, 3.05) is 13.7 Å². The Bertz CT molecular complexity index is 545. The van der Waals surface area contributed by atoms with Gasteiger partial charge < -0.3 is 14.7 Å². The lowest BCUT2D eigenvalue weighted by Crippen LogP contribution is -2.45. The zero-order valence-electron chi connectivity index (χ0n) is 13.9. The third-order valence-electron chi connectivity index (χ3n) is 5.38. The number of carbonyl (C=O) groups excluding carboxylic acids is 1. The van der Waals surface area contributed by atoms with Crippen LogP contribution in [-0.2, 0) is 11.3 Å². The van der Waals surface area contributed by atoms with Gasteiger partial charge in [-0.25, -0.2) is 0 Å². The van der Waals surface area contributed by atoms with Crippen molar-refractivity contribution in [1.29, 1.82) is 0 Å². The topological polar surface area (TPSA) is 49.8 Å². The molecule has 2 fully saturated rings. The van der Waals surface area contributed by atoms with Crippen LogP contribution in [0.2, 0.25) is 0 Å². The summed E-state index contributed by atoms with van der Waals surface area (Å²) in [7, 11) is 1.65. The van der Waals surface area contributed by atoms with Gasteiger partial charge in [-0.2, -0.15) is 0 Å². The first kappa shape index (κ1) is 16.5. The van der Waals surface area contributed by atoms with Gasteiger partial charge in [0, 0.05) is 31.2 Å². The van der Waals surface area contributed by atoms with E-state index in [-0.39, 0.29) is 24.0 Å². The Balaban J connectivity index is 1.81. The van der Waals surface area contributed by atoms with Crippen LogP contribution < -0.4 is 0 Å². The van der Waals surface area contributed by atoms with E-state index in [1.54, 1.807) is 7.11 Å². The Morgan fingerprint density at radius 2 is 2.00 bits per heavy atom. The van der Waals surface area contributed by atoms with Gasteiger partial charge in [-0.05, 0) is 37.3 Å². The van der Waals surface area contributed by atoms with E-state index in [4.69, 9.17) is 4.74 Å². The van der Waals surface area contributed by atoms with E-state index in [0.717, 1.165) is 49.8 Å². The average molecular weight is 317 g/mol. The molecule has 3 atom stereocenters. The van der Waals surface area contributed by atoms with Crippen molar-refractivity contribution < 1.29 is 14.6 Å². The van der Waals surface area contributed by atoms with Gasteiger partial charge >= 0.3 is 0 Å². The SMILES string of the molecule is COCc1ccccc1C(=O)N1CCC[C@@H]1[C@@H]1CCCC[C@@H]1O. The average Bonchev–Trinajstić information content (AvgIpc) is 3.05. The molecule has 23 heavy (non-hydrogen) atoms. The lowest BCUT2D eigenvalue weighted by atomic mass is 9.80. The molecule has 1 amide bonds. The summed E-state index contributed by atoms with van der Waals surface area (Å²) in [6.45, 7) is 1.25. The van der Waals surface area contributed by atoms with Crippen molar-refractivity contribution in [2.24, 2.45) is 5.92 Å². The Labute approximate surface area is 138 Å². The van der Waals surface area contributed by atoms with Crippen LogP contribution in [0.5, 0.6) is 0 Å². The second-order valence-corrected chi connectivity index (χ2v) is 6.81. The van der Waals surface area contributed by atoms with E-state index in [9.17, 15) is 9.90 Å². The molecule has 4 nitrogen and oxygen atoms in total. The van der Waals surface area contributed by atoms with E-state index in [1.807, 2.05) is 29.2 Å². The van der Waals surface area contributed by atoms with Crippen molar-refractivity contribution >= 4 is 5.91 Å². The van der Waals surface area contributed by atoms with Gasteiger partial charge in [-0.1, -0.05) is 31.0 Å². The van der Waals surface area contributed by atoms with Crippen molar-refractivity contribution in [3.05, 3.63) is 35.4 Å². The lowest BCUT2D eigenvalue weighted by Gasteiger charge is -2.37. The van der Waals surface area contributed by atoms with Crippen LogP contribution >= 0.6 is 0 Å². The highest BCUT2D eigenvalue weighted by atomic mass is 16.5. The summed E-state index contributed by atoms with van der Waals surface area (Å²) < 4.78 is 5.23. The Morgan fingerprint density at radius 1 is 1.22 bits per heavy atom. The van der Waals surface area contributed by atoms with Gasteiger partial charge in [-0.3, -0.25) is 4.79 Å². The van der Waals surface area contributed by atoms with Crippen molar-refractivity contribution in [1.82, 2.24) is 4.90 Å². The highest BCUT2D eigenvalue weighted by Crippen LogP contribution is 2.35. The summed E-state index contributed by atoms with van der Waals surface area (Å²) in [5.41, 5.74) is 1.68. The quantitative estimate of drug-likeness (QED) is 0.929. The molecule has 1 aromatic rings. The first-order valence-electron chi connectivity index (χ1n) is 8.78. The molecule has 1 N–H and O–H groups in total. The number of aliphatic hydroxyl groups excluding tert-OH is 1. The monoisotopic (exact) mass is 317 g/mol. The predicted molar refractivity (Wildman–Crippen MR) is 89.2 cm³/mol. The minimum Gasteiger partial charge on any atom is -0.393 e. The van der Waals surface area contributed by atoms with Crippen LogP contribution in [0.25, 0.3) is 0 Å². The molecule has 1 heterocycles. The Morgan fingerprint density at radius 3 is 2.78 bits per heavy atom. The van der Waals surface area contributed by atoms with Crippen molar-refractivity contribution in [3.63, 3.8) is 0 Å². The Hall–Kier alpha value is -1.39. The van der Waals surface area contributed by atoms with E-state index in [2.05, 4.69) is 0 Å². The van der Waals surface area contributed by atoms with E-state index in [0.29, 0.717) is 6.61 Å². The zero-order valence-corrected chi connectivity index (χ0v) is 13.9. The lowest BCUT2D eigenvalue weighted by molar-refractivity contribution is 0.0210. The first-order valence-corrected chi connectivity index (χ1v) is 8.78. The number of amides is 1. The minimum absolute atomic E-state index is 0.0953. The molecule has 3 rings (SSSR count). The molecule has 0 radical (unpaired) electrons. The standard InChI is InChI=1S/C19H27NO3/c1-23-13-14-7-2-3-8-15(14)19(22)20-12-6-10-17(20)16-9-4-5-11-18(16)21/h2-3,7-8,16-18,21H,4-6,9-13H2,1H3/t16-,17+,18-/m0/s1. The van der Waals surface area contributed by atoms with Crippen molar-refractivity contribution in [3.8, 4) is 0 Å². The van der Waals surface area contributed by atoms with Gasteiger partial charge in [0.15, 0.2) is 0 Å². The van der Waals surface area contributed by atoms with Gasteiger partial charge in [-0.15, -0.1) is 0 Å². The molecule has 1 saturated heterocycles. The summed E-state index contributed by atoms with van der Waals surface area (Å²) >= 11 is 0. The molecule has 1 aliphatic carbocycles. The van der Waals surface area contributed by atoms with E-state index in [1.165, 1.54) is 6.42 Å². The molecule has 4 heteroatoms. The van der Waals surface area contributed by atoms with E-state index < -0.39 is 0 Å². The summed E-state index contributed by atoms with van der Waals surface area (Å²) in [6, 6.07) is 7.89. The normalized spacial score (nSPS) is 28.1. The highest BCUT2D eigenvalue weighted by molar-refractivity contribution is 5.96. The fourth-order valence-corrected chi connectivity index (χ4v) is 4.24. The zero-order chi connectivity index (χ0) is 16.2. The number of hydrogen-bond donors (Lipinski definition) is 1. The number of carbonyl (C=O) groups is 1. The summed E-state index contributed by atoms with van der Waals surface area (Å²) in [4.78, 5) is 15.1. The number of nitrogens with zero attached hydrogens (tertiary/aromatic N) is 1. The molecule has 2 aliphatic rings. The largest absolute Gasteiger partial charge is 0.393 e. The summed E-state index contributed by atoms with van der Waals surface area (Å²) in [5, 5.41) is 10.4. The number of benzene rings is 1. The first-order chi connectivity index (χ1) is 11.2. The molecule has 0 spiro atoms. The maximum Gasteiger partial charge on any atom is 0.254 e. The van der Waals surface area contributed by atoms with Crippen LogP contribution in [-0.4, -0.2) is 41.7 Å². The second-order valence-electron chi connectivity index (χ2n) is 6.81. The second kappa shape index (κ2) is 7.45. The molecule has 0 unspecified atom stereocenters. The molecule has 126 valence electrons. The highest BCUT2D eigenvalue weighted by Gasteiger charge is 2.39. The minimum atomic E-state index is -0.253. The smallest absolute Gasteiger partial charge is 0.254 e. The number of ether oxygens (including phenoxy) is 1. The third-order valence-corrected chi connectivity index (χ3v) is 5.38. The number of aliphatic hydroxyl groups is 1. The van der Waals surface area contributed by atoms with Gasteiger partial charge in [0.25, 0.3) is 5.91 Å². The molecular weight excluding hydrogens is 290 g/mol. The van der Waals surface area contributed by atoms with Crippen LogP contribution in [0.15, 0.2) is 24.3 Å². The molecule has 0 bridgehead atoms. The Kier molecular flexibility index (Phi) is 5.34. The maximum atomic E-state index is 13.1. The number of likely N-dealkylation sites (tertiary alicyclic amines) is 1. The molecule has 1 aliphatic heterocycles. The van der Waals surface area contributed by atoms with Crippen LogP contribution in [0.3, 0.4) is 0 Å². The van der Waals surface area contributed by atoms with Gasteiger partial charge in [0.1, 0.15) is 0 Å². The predicted octanol–water partition coefficient (Wildman–Crippen LogP) is 2.99. The number of methoxy groups -OCH3 is 1. The third kappa shape index (κ3) is 3.43. The molecule has 0 aromatic heterocycles. The van der Waals surface area contributed by atoms with Gasteiger partial charge in [0.2, 0.25) is 0 Å². The van der Waals surface area contributed by atoms with E-state index >= 15 is 0 Å². The van der Waals surface area contributed by atoms with Crippen molar-refractivity contribution in [2.45, 2.75) is 57.3 Å². The van der Waals surface area contributed by atoms with Crippen LogP contribution in [0, 0.1) is 5.92 Å². The fourth-order valence-electron chi connectivity index (χ4n) is 4.24. The van der Waals surface area contributed by atoms with Gasteiger partial charge in [0.05, 0.1) is 12.7 Å². The van der Waals surface area contributed by atoms with Crippen LogP contribution in [0.1, 0.15) is 54.4 Å².